The van der Waals surface area contributed by atoms with Gasteiger partial charge in [0.1, 0.15) is 16.4 Å². The van der Waals surface area contributed by atoms with Crippen molar-refractivity contribution >= 4 is 27.3 Å². The average Bonchev–Trinajstić information content (AvgIpc) is 2.50. The Morgan fingerprint density at radius 2 is 1.77 bits per heavy atom. The standard InChI is InChI=1S/C15H16ClNO4S/c1-10-4-5-11(16)8-13(10)17-22(18,19)15-9-12(20-2)6-7-14(15)21-3/h4-9,17H,1-3H3. The molecular weight excluding hydrogens is 326 g/mol. The molecule has 0 radical (unpaired) electrons. The minimum Gasteiger partial charge on any atom is -0.497 e. The number of benzene rings is 2. The van der Waals surface area contributed by atoms with E-state index in [-0.39, 0.29) is 10.6 Å². The molecule has 0 saturated carbocycles. The van der Waals surface area contributed by atoms with Gasteiger partial charge < -0.3 is 9.47 Å². The number of ether oxygens (including phenoxy) is 2. The molecule has 7 heteroatoms. The van der Waals surface area contributed by atoms with E-state index in [1.165, 1.54) is 26.4 Å². The van der Waals surface area contributed by atoms with Crippen LogP contribution in [0, 0.1) is 6.92 Å². The summed E-state index contributed by atoms with van der Waals surface area (Å²) in [6.07, 6.45) is 0. The van der Waals surface area contributed by atoms with Gasteiger partial charge in [-0.25, -0.2) is 8.42 Å². The third kappa shape index (κ3) is 3.45. The molecule has 0 spiro atoms. The summed E-state index contributed by atoms with van der Waals surface area (Å²) >= 11 is 5.92. The van der Waals surface area contributed by atoms with Crippen molar-refractivity contribution in [2.24, 2.45) is 0 Å². The Hall–Kier alpha value is -1.92. The molecule has 118 valence electrons. The van der Waals surface area contributed by atoms with Crippen molar-refractivity contribution in [3.8, 4) is 11.5 Å². The van der Waals surface area contributed by atoms with Crippen LogP contribution in [0.25, 0.3) is 0 Å². The van der Waals surface area contributed by atoms with Crippen LogP contribution in [-0.2, 0) is 10.0 Å². The Kier molecular flexibility index (Phi) is 4.83. The SMILES string of the molecule is COc1ccc(OC)c(S(=O)(=O)Nc2cc(Cl)ccc2C)c1. The number of anilines is 1. The number of halogens is 1. The summed E-state index contributed by atoms with van der Waals surface area (Å²) in [6.45, 7) is 1.79. The Balaban J connectivity index is 2.48. The molecule has 0 saturated heterocycles. The fourth-order valence-corrected chi connectivity index (χ4v) is 3.38. The van der Waals surface area contributed by atoms with E-state index in [1.54, 1.807) is 31.2 Å². The maximum absolute atomic E-state index is 12.6. The zero-order chi connectivity index (χ0) is 16.3. The number of aryl methyl sites for hydroxylation is 1. The molecule has 0 bridgehead atoms. The van der Waals surface area contributed by atoms with Gasteiger partial charge in [0.15, 0.2) is 0 Å². The molecule has 0 aliphatic heterocycles. The van der Waals surface area contributed by atoms with Crippen molar-refractivity contribution in [3.05, 3.63) is 47.0 Å². The number of methoxy groups -OCH3 is 2. The fourth-order valence-electron chi connectivity index (χ4n) is 1.90. The second-order valence-electron chi connectivity index (χ2n) is 4.58. The average molecular weight is 342 g/mol. The number of sulfonamides is 1. The first-order chi connectivity index (χ1) is 10.4. The summed E-state index contributed by atoms with van der Waals surface area (Å²) in [6, 6.07) is 9.56. The van der Waals surface area contributed by atoms with Gasteiger partial charge in [0, 0.05) is 11.1 Å². The lowest BCUT2D eigenvalue weighted by Crippen LogP contribution is -2.15. The summed E-state index contributed by atoms with van der Waals surface area (Å²) in [4.78, 5) is -0.00581. The van der Waals surface area contributed by atoms with Crippen molar-refractivity contribution < 1.29 is 17.9 Å². The number of hydrogen-bond donors (Lipinski definition) is 1. The Morgan fingerprint density at radius 1 is 1.05 bits per heavy atom. The van der Waals surface area contributed by atoms with E-state index < -0.39 is 10.0 Å². The van der Waals surface area contributed by atoms with E-state index in [1.807, 2.05) is 0 Å². The third-order valence-corrected chi connectivity index (χ3v) is 4.73. The molecule has 0 atom stereocenters. The molecule has 1 N–H and O–H groups in total. The topological polar surface area (TPSA) is 64.6 Å². The largest absolute Gasteiger partial charge is 0.497 e. The molecule has 0 aliphatic carbocycles. The first kappa shape index (κ1) is 16.5. The first-order valence-corrected chi connectivity index (χ1v) is 8.24. The van der Waals surface area contributed by atoms with Crippen LogP contribution in [0.2, 0.25) is 5.02 Å². The van der Waals surface area contributed by atoms with Crippen LogP contribution in [0.15, 0.2) is 41.3 Å². The van der Waals surface area contributed by atoms with Gasteiger partial charge in [-0.15, -0.1) is 0 Å². The molecule has 22 heavy (non-hydrogen) atoms. The maximum Gasteiger partial charge on any atom is 0.265 e. The third-order valence-electron chi connectivity index (χ3n) is 3.10. The van der Waals surface area contributed by atoms with E-state index in [4.69, 9.17) is 21.1 Å². The van der Waals surface area contributed by atoms with Gasteiger partial charge in [0.2, 0.25) is 0 Å². The predicted octanol–water partition coefficient (Wildman–Crippen LogP) is 3.47. The van der Waals surface area contributed by atoms with Crippen molar-refractivity contribution in [2.75, 3.05) is 18.9 Å². The molecule has 0 unspecified atom stereocenters. The highest BCUT2D eigenvalue weighted by Gasteiger charge is 2.21. The zero-order valence-electron chi connectivity index (χ0n) is 12.4. The molecule has 5 nitrogen and oxygen atoms in total. The molecule has 2 rings (SSSR count). The second-order valence-corrected chi connectivity index (χ2v) is 6.67. The zero-order valence-corrected chi connectivity index (χ0v) is 14.0. The number of hydrogen-bond acceptors (Lipinski definition) is 4. The van der Waals surface area contributed by atoms with Gasteiger partial charge in [-0.1, -0.05) is 17.7 Å². The van der Waals surface area contributed by atoms with E-state index in [0.29, 0.717) is 16.5 Å². The fraction of sp³-hybridized carbons (Fsp3) is 0.200. The molecule has 0 heterocycles. The van der Waals surface area contributed by atoms with Crippen molar-refractivity contribution in [3.63, 3.8) is 0 Å². The normalized spacial score (nSPS) is 11.1. The molecule has 0 amide bonds. The van der Waals surface area contributed by atoms with Crippen molar-refractivity contribution in [2.45, 2.75) is 11.8 Å². The summed E-state index contributed by atoms with van der Waals surface area (Å²) < 4.78 is 38.0. The molecule has 0 aliphatic rings. The molecule has 2 aromatic rings. The lowest BCUT2D eigenvalue weighted by molar-refractivity contribution is 0.392. The van der Waals surface area contributed by atoms with E-state index in [9.17, 15) is 8.42 Å². The quantitative estimate of drug-likeness (QED) is 0.904. The van der Waals surface area contributed by atoms with Gasteiger partial charge in [-0.2, -0.15) is 0 Å². The summed E-state index contributed by atoms with van der Waals surface area (Å²) in [5.41, 5.74) is 1.17. The van der Waals surface area contributed by atoms with Gasteiger partial charge in [-0.3, -0.25) is 4.72 Å². The summed E-state index contributed by atoms with van der Waals surface area (Å²) in [7, 11) is -0.968. The van der Waals surface area contributed by atoms with E-state index in [2.05, 4.69) is 4.72 Å². The van der Waals surface area contributed by atoms with Gasteiger partial charge >= 0.3 is 0 Å². The molecular formula is C15H16ClNO4S. The number of rotatable bonds is 5. The van der Waals surface area contributed by atoms with E-state index >= 15 is 0 Å². The van der Waals surface area contributed by atoms with Crippen molar-refractivity contribution in [1.29, 1.82) is 0 Å². The van der Waals surface area contributed by atoms with Crippen LogP contribution in [0.1, 0.15) is 5.56 Å². The predicted molar refractivity (Wildman–Crippen MR) is 86.5 cm³/mol. The van der Waals surface area contributed by atoms with Crippen LogP contribution >= 0.6 is 11.6 Å². The summed E-state index contributed by atoms with van der Waals surface area (Å²) in [5.74, 6) is 0.650. The maximum atomic E-state index is 12.6. The Labute approximate surface area is 134 Å². The van der Waals surface area contributed by atoms with Crippen LogP contribution in [0.3, 0.4) is 0 Å². The highest BCUT2D eigenvalue weighted by Crippen LogP contribution is 2.31. The minimum atomic E-state index is -3.84. The van der Waals surface area contributed by atoms with Crippen molar-refractivity contribution in [1.82, 2.24) is 0 Å². The molecule has 0 fully saturated rings. The number of nitrogens with one attached hydrogen (secondary N) is 1. The van der Waals surface area contributed by atoms with Crippen LogP contribution in [-0.4, -0.2) is 22.6 Å². The highest BCUT2D eigenvalue weighted by molar-refractivity contribution is 7.92. The van der Waals surface area contributed by atoms with Crippen LogP contribution in [0.4, 0.5) is 5.69 Å². The molecule has 2 aromatic carbocycles. The van der Waals surface area contributed by atoms with Crippen LogP contribution in [0.5, 0.6) is 11.5 Å². The lowest BCUT2D eigenvalue weighted by atomic mass is 10.2. The molecule has 0 aromatic heterocycles. The van der Waals surface area contributed by atoms with E-state index in [0.717, 1.165) is 5.56 Å². The second kappa shape index (κ2) is 6.46. The van der Waals surface area contributed by atoms with Gasteiger partial charge in [0.05, 0.1) is 19.9 Å². The lowest BCUT2D eigenvalue weighted by Gasteiger charge is -2.14. The Bertz CT molecular complexity index is 790. The van der Waals surface area contributed by atoms with Crippen LogP contribution < -0.4 is 14.2 Å². The minimum absolute atomic E-state index is 0.00581. The first-order valence-electron chi connectivity index (χ1n) is 6.38. The Morgan fingerprint density at radius 3 is 2.41 bits per heavy atom. The summed E-state index contributed by atoms with van der Waals surface area (Å²) in [5, 5.41) is 0.445. The highest BCUT2D eigenvalue weighted by atomic mass is 35.5. The van der Waals surface area contributed by atoms with Gasteiger partial charge in [-0.05, 0) is 36.8 Å². The van der Waals surface area contributed by atoms with Gasteiger partial charge in [0.25, 0.3) is 10.0 Å². The smallest absolute Gasteiger partial charge is 0.265 e. The monoisotopic (exact) mass is 341 g/mol.